The lowest BCUT2D eigenvalue weighted by molar-refractivity contribution is -0.121. The number of carbonyl (C=O) groups is 1. The van der Waals surface area contributed by atoms with Crippen LogP contribution in [0.25, 0.3) is 0 Å². The molecule has 2 heterocycles. The third-order valence-electron chi connectivity index (χ3n) is 4.36. The van der Waals surface area contributed by atoms with Crippen molar-refractivity contribution in [3.8, 4) is 0 Å². The molecule has 1 aromatic rings. The van der Waals surface area contributed by atoms with Crippen LogP contribution in [-0.2, 0) is 16.1 Å². The molecule has 2 fully saturated rings. The summed E-state index contributed by atoms with van der Waals surface area (Å²) in [5.74, 6) is 0. The molecule has 5 nitrogen and oxygen atoms in total. The van der Waals surface area contributed by atoms with E-state index in [2.05, 4.69) is 4.90 Å². The lowest BCUT2D eigenvalue weighted by Crippen LogP contribution is -2.40. The van der Waals surface area contributed by atoms with Crippen molar-refractivity contribution in [2.45, 2.75) is 31.6 Å². The lowest BCUT2D eigenvalue weighted by atomic mass is 10.0. The maximum absolute atomic E-state index is 15.0. The molecule has 1 aromatic carbocycles. The highest BCUT2D eigenvalue weighted by Crippen LogP contribution is 2.39. The minimum Gasteiger partial charge on any atom is -0.433 e. The fourth-order valence-electron chi connectivity index (χ4n) is 3.32. The van der Waals surface area contributed by atoms with Gasteiger partial charge in [0.1, 0.15) is 5.67 Å². The number of rotatable bonds is 4. The van der Waals surface area contributed by atoms with Crippen LogP contribution in [0.1, 0.15) is 18.9 Å². The van der Waals surface area contributed by atoms with Crippen LogP contribution in [0, 0.1) is 0 Å². The van der Waals surface area contributed by atoms with Crippen LogP contribution < -0.4 is 0 Å². The van der Waals surface area contributed by atoms with Gasteiger partial charge in [-0.2, -0.15) is 0 Å². The zero-order valence-corrected chi connectivity index (χ0v) is 12.7. The molecule has 2 saturated heterocycles. The standard InChI is InChI=1S/C16H21FN2O3/c1-2-21-15(20)22-19-11-14-16(17,12-19)8-9-18(14)10-13-6-4-3-5-7-13/h3-7,14H,2,8-12H2,1H3. The Balaban J connectivity index is 1.62. The van der Waals surface area contributed by atoms with Crippen molar-refractivity contribution in [2.24, 2.45) is 0 Å². The highest BCUT2D eigenvalue weighted by molar-refractivity contribution is 5.59. The molecule has 0 radical (unpaired) electrons. The number of hydroxylamine groups is 2. The molecule has 120 valence electrons. The Labute approximate surface area is 129 Å². The second-order valence-corrected chi connectivity index (χ2v) is 5.85. The largest absolute Gasteiger partial charge is 0.527 e. The Bertz CT molecular complexity index is 527. The van der Waals surface area contributed by atoms with Crippen molar-refractivity contribution in [3.63, 3.8) is 0 Å². The summed E-state index contributed by atoms with van der Waals surface area (Å²) in [7, 11) is 0. The summed E-state index contributed by atoms with van der Waals surface area (Å²) < 4.78 is 19.8. The molecule has 0 N–H and O–H groups in total. The number of likely N-dealkylation sites (tertiary alicyclic amines) is 1. The van der Waals surface area contributed by atoms with Gasteiger partial charge in [-0.1, -0.05) is 30.3 Å². The molecule has 0 aliphatic carbocycles. The number of ether oxygens (including phenoxy) is 1. The topological polar surface area (TPSA) is 42.0 Å². The molecule has 0 saturated carbocycles. The number of hydrogen-bond donors (Lipinski definition) is 0. The molecule has 0 spiro atoms. The third kappa shape index (κ3) is 3.08. The number of halogens is 1. The van der Waals surface area contributed by atoms with Crippen LogP contribution in [0.5, 0.6) is 0 Å². The van der Waals surface area contributed by atoms with E-state index in [1.54, 1.807) is 6.92 Å². The predicted octanol–water partition coefficient (Wildman–Crippen LogP) is 2.37. The van der Waals surface area contributed by atoms with Crippen molar-refractivity contribution < 1.29 is 18.8 Å². The van der Waals surface area contributed by atoms with E-state index in [9.17, 15) is 4.79 Å². The van der Waals surface area contributed by atoms with E-state index in [0.29, 0.717) is 19.5 Å². The van der Waals surface area contributed by atoms with E-state index in [4.69, 9.17) is 9.57 Å². The van der Waals surface area contributed by atoms with Crippen LogP contribution in [0.4, 0.5) is 9.18 Å². The molecule has 2 atom stereocenters. The molecule has 0 aromatic heterocycles. The molecule has 2 aliphatic heterocycles. The van der Waals surface area contributed by atoms with Crippen molar-refractivity contribution in [1.82, 2.24) is 9.96 Å². The van der Waals surface area contributed by atoms with Crippen LogP contribution >= 0.6 is 0 Å². The monoisotopic (exact) mass is 308 g/mol. The van der Waals surface area contributed by atoms with Crippen molar-refractivity contribution in [3.05, 3.63) is 35.9 Å². The quantitative estimate of drug-likeness (QED) is 0.799. The van der Waals surface area contributed by atoms with Gasteiger partial charge in [0.25, 0.3) is 0 Å². The fourth-order valence-corrected chi connectivity index (χ4v) is 3.32. The summed E-state index contributed by atoms with van der Waals surface area (Å²) in [5.41, 5.74) is -0.155. The average Bonchev–Trinajstić information content (AvgIpc) is 2.95. The summed E-state index contributed by atoms with van der Waals surface area (Å²) in [4.78, 5) is 18.6. The molecular weight excluding hydrogens is 287 g/mol. The maximum Gasteiger partial charge on any atom is 0.527 e. The summed E-state index contributed by atoms with van der Waals surface area (Å²) in [6.45, 7) is 3.88. The van der Waals surface area contributed by atoms with Gasteiger partial charge in [0, 0.05) is 13.1 Å². The van der Waals surface area contributed by atoms with Gasteiger partial charge in [0.2, 0.25) is 0 Å². The van der Waals surface area contributed by atoms with Gasteiger partial charge >= 0.3 is 6.16 Å². The van der Waals surface area contributed by atoms with Crippen LogP contribution in [0.3, 0.4) is 0 Å². The summed E-state index contributed by atoms with van der Waals surface area (Å²) in [6, 6.07) is 9.78. The van der Waals surface area contributed by atoms with Gasteiger partial charge in [0.05, 0.1) is 25.7 Å². The predicted molar refractivity (Wildman–Crippen MR) is 78.8 cm³/mol. The highest BCUT2D eigenvalue weighted by Gasteiger charge is 2.55. The van der Waals surface area contributed by atoms with Crippen LogP contribution in [-0.4, -0.2) is 54.1 Å². The zero-order valence-electron chi connectivity index (χ0n) is 12.7. The highest BCUT2D eigenvalue weighted by atomic mass is 19.1. The molecule has 0 bridgehead atoms. The van der Waals surface area contributed by atoms with E-state index in [1.807, 2.05) is 30.3 Å². The second-order valence-electron chi connectivity index (χ2n) is 5.85. The minimum absolute atomic E-state index is 0.113. The van der Waals surface area contributed by atoms with Gasteiger partial charge < -0.3 is 9.57 Å². The number of benzene rings is 1. The Morgan fingerprint density at radius 3 is 2.91 bits per heavy atom. The lowest BCUT2D eigenvalue weighted by Gasteiger charge is -2.25. The average molecular weight is 308 g/mol. The van der Waals surface area contributed by atoms with Crippen molar-refractivity contribution >= 4 is 6.16 Å². The zero-order chi connectivity index (χ0) is 15.6. The third-order valence-corrected chi connectivity index (χ3v) is 4.36. The maximum atomic E-state index is 15.0. The first-order valence-corrected chi connectivity index (χ1v) is 7.67. The molecule has 2 aliphatic rings. The minimum atomic E-state index is -1.32. The first-order valence-electron chi connectivity index (χ1n) is 7.67. The molecular formula is C16H21FN2O3. The number of alkyl halides is 1. The number of nitrogens with zero attached hydrogens (tertiary/aromatic N) is 2. The van der Waals surface area contributed by atoms with Gasteiger partial charge in [-0.3, -0.25) is 4.90 Å². The molecule has 3 rings (SSSR count). The van der Waals surface area contributed by atoms with Gasteiger partial charge in [-0.25, -0.2) is 9.18 Å². The SMILES string of the molecule is CCOC(=O)ON1CC2N(Cc3ccccc3)CCC2(F)C1. The number of fused-ring (bicyclic) bond motifs is 1. The molecule has 6 heteroatoms. The first kappa shape index (κ1) is 15.2. The smallest absolute Gasteiger partial charge is 0.433 e. The van der Waals surface area contributed by atoms with Gasteiger partial charge in [-0.15, -0.1) is 5.06 Å². The Morgan fingerprint density at radius 2 is 2.18 bits per heavy atom. The van der Waals surface area contributed by atoms with Crippen LogP contribution in [0.2, 0.25) is 0 Å². The summed E-state index contributed by atoms with van der Waals surface area (Å²) in [5, 5.41) is 1.39. The fraction of sp³-hybridized carbons (Fsp3) is 0.562. The van der Waals surface area contributed by atoms with E-state index >= 15 is 4.39 Å². The second kappa shape index (κ2) is 6.22. The van der Waals surface area contributed by atoms with Crippen molar-refractivity contribution in [1.29, 1.82) is 0 Å². The number of carbonyl (C=O) groups excluding carboxylic acids is 1. The van der Waals surface area contributed by atoms with E-state index < -0.39 is 11.8 Å². The summed E-state index contributed by atoms with van der Waals surface area (Å²) >= 11 is 0. The van der Waals surface area contributed by atoms with Gasteiger partial charge in [0.15, 0.2) is 0 Å². The van der Waals surface area contributed by atoms with E-state index in [0.717, 1.165) is 12.1 Å². The van der Waals surface area contributed by atoms with Gasteiger partial charge in [-0.05, 0) is 18.9 Å². The molecule has 0 amide bonds. The number of hydrogen-bond acceptors (Lipinski definition) is 5. The molecule has 22 heavy (non-hydrogen) atoms. The Hall–Kier alpha value is -1.66. The Morgan fingerprint density at radius 1 is 1.41 bits per heavy atom. The van der Waals surface area contributed by atoms with E-state index in [1.165, 1.54) is 5.06 Å². The van der Waals surface area contributed by atoms with E-state index in [-0.39, 0.29) is 19.2 Å². The molecule has 2 unspecified atom stereocenters. The Kier molecular flexibility index (Phi) is 4.31. The normalized spacial score (nSPS) is 28.5. The van der Waals surface area contributed by atoms with Crippen LogP contribution in [0.15, 0.2) is 30.3 Å². The van der Waals surface area contributed by atoms with Crippen molar-refractivity contribution in [2.75, 3.05) is 26.2 Å². The summed E-state index contributed by atoms with van der Waals surface area (Å²) in [6.07, 6.45) is -0.298. The first-order chi connectivity index (χ1) is 10.6.